The molecule has 0 unspecified atom stereocenters. The van der Waals surface area contributed by atoms with Gasteiger partial charge in [0.2, 0.25) is 0 Å². The molecular weight excluding hydrogens is 560 g/mol. The molecule has 0 aliphatic carbocycles. The van der Waals surface area contributed by atoms with Gasteiger partial charge >= 0.3 is 0 Å². The van der Waals surface area contributed by atoms with Crippen LogP contribution in [0, 0.1) is 11.8 Å². The standard InChI is InChI=1S/C35H26N2O5S/c38-34(29-22-20-27(21-23-29)19-18-26-10-3-1-4-11-26)36-32-16-7-8-17-33(32)43(40,41)37-35(39)30-14-9-15-31(24-30)42-25-28-12-5-2-6-13-28/h1-17,20-24H,25H2,(H,36,38)(H,37,39). The van der Waals surface area contributed by atoms with Crippen molar-refractivity contribution in [1.82, 2.24) is 4.72 Å². The largest absolute Gasteiger partial charge is 0.489 e. The summed E-state index contributed by atoms with van der Waals surface area (Å²) in [7, 11) is -4.35. The van der Waals surface area contributed by atoms with Crippen LogP contribution in [0.3, 0.4) is 0 Å². The van der Waals surface area contributed by atoms with E-state index in [2.05, 4.69) is 21.9 Å². The topological polar surface area (TPSA) is 102 Å². The number of nitrogens with one attached hydrogen (secondary N) is 2. The summed E-state index contributed by atoms with van der Waals surface area (Å²) in [5, 5.41) is 2.64. The highest BCUT2D eigenvalue weighted by Gasteiger charge is 2.23. The van der Waals surface area contributed by atoms with E-state index in [1.165, 1.54) is 30.3 Å². The van der Waals surface area contributed by atoms with Gasteiger partial charge in [-0.25, -0.2) is 13.1 Å². The Morgan fingerprint density at radius 2 is 1.26 bits per heavy atom. The molecule has 0 aromatic heterocycles. The smallest absolute Gasteiger partial charge is 0.266 e. The summed E-state index contributed by atoms with van der Waals surface area (Å²) in [5.74, 6) is 5.17. The number of para-hydroxylation sites is 1. The summed E-state index contributed by atoms with van der Waals surface area (Å²) in [4.78, 5) is 25.7. The maximum atomic E-state index is 13.3. The lowest BCUT2D eigenvalue weighted by Gasteiger charge is -2.13. The molecule has 0 aliphatic rings. The molecule has 0 radical (unpaired) electrons. The summed E-state index contributed by atoms with van der Waals surface area (Å²) in [6, 6.07) is 37.8. The zero-order valence-electron chi connectivity index (χ0n) is 22.9. The zero-order chi connectivity index (χ0) is 30.1. The first-order valence-electron chi connectivity index (χ1n) is 13.3. The fraction of sp³-hybridized carbons (Fsp3) is 0.0286. The fourth-order valence-electron chi connectivity index (χ4n) is 4.07. The lowest BCUT2D eigenvalue weighted by atomic mass is 10.1. The van der Waals surface area contributed by atoms with Gasteiger partial charge in [-0.2, -0.15) is 0 Å². The van der Waals surface area contributed by atoms with E-state index in [4.69, 9.17) is 4.74 Å². The molecular formula is C35H26N2O5S. The van der Waals surface area contributed by atoms with Gasteiger partial charge in [0, 0.05) is 22.3 Å². The Bertz CT molecular complexity index is 1910. The summed E-state index contributed by atoms with van der Waals surface area (Å²) in [6.45, 7) is 0.293. The zero-order valence-corrected chi connectivity index (χ0v) is 23.7. The van der Waals surface area contributed by atoms with Gasteiger partial charge in [-0.3, -0.25) is 9.59 Å². The predicted octanol–water partition coefficient (Wildman–Crippen LogP) is 6.04. The van der Waals surface area contributed by atoms with Gasteiger partial charge in [-0.15, -0.1) is 0 Å². The summed E-state index contributed by atoms with van der Waals surface area (Å²) in [5.41, 5.74) is 2.99. The number of ether oxygens (including phenoxy) is 1. The lowest BCUT2D eigenvalue weighted by molar-refractivity contribution is 0.0979. The fourth-order valence-corrected chi connectivity index (χ4v) is 5.21. The molecule has 212 valence electrons. The van der Waals surface area contributed by atoms with Crippen molar-refractivity contribution in [1.29, 1.82) is 0 Å². The minimum atomic E-state index is -4.35. The first-order chi connectivity index (χ1) is 20.9. The highest BCUT2D eigenvalue weighted by atomic mass is 32.2. The highest BCUT2D eigenvalue weighted by Crippen LogP contribution is 2.23. The molecule has 0 saturated carbocycles. The minimum absolute atomic E-state index is 0.0284. The number of sulfonamides is 1. The van der Waals surface area contributed by atoms with E-state index >= 15 is 0 Å². The summed E-state index contributed by atoms with van der Waals surface area (Å²) in [6.07, 6.45) is 0. The number of anilines is 1. The highest BCUT2D eigenvalue weighted by molar-refractivity contribution is 7.90. The number of amides is 2. The number of hydrogen-bond acceptors (Lipinski definition) is 5. The predicted molar refractivity (Wildman–Crippen MR) is 165 cm³/mol. The molecule has 0 heterocycles. The lowest BCUT2D eigenvalue weighted by Crippen LogP contribution is -2.31. The molecule has 2 amide bonds. The molecule has 0 spiro atoms. The molecule has 0 bridgehead atoms. The van der Waals surface area contributed by atoms with E-state index in [0.717, 1.165) is 16.7 Å². The van der Waals surface area contributed by atoms with Crippen molar-refractivity contribution in [3.05, 3.63) is 161 Å². The third-order valence-corrected chi connectivity index (χ3v) is 7.66. The Hall–Kier alpha value is -5.65. The van der Waals surface area contributed by atoms with E-state index in [1.54, 1.807) is 42.5 Å². The first kappa shape index (κ1) is 28.9. The van der Waals surface area contributed by atoms with E-state index < -0.39 is 21.8 Å². The molecule has 43 heavy (non-hydrogen) atoms. The normalized spacial score (nSPS) is 10.6. The van der Waals surface area contributed by atoms with Gasteiger partial charge in [-0.1, -0.05) is 78.6 Å². The quantitative estimate of drug-likeness (QED) is 0.216. The molecule has 5 aromatic carbocycles. The monoisotopic (exact) mass is 586 g/mol. The molecule has 0 saturated heterocycles. The Kier molecular flexibility index (Phi) is 8.96. The number of hydrogen-bond donors (Lipinski definition) is 2. The molecule has 0 fully saturated rings. The van der Waals surface area contributed by atoms with Gasteiger partial charge in [0.1, 0.15) is 17.3 Å². The van der Waals surface area contributed by atoms with Gasteiger partial charge in [0.05, 0.1) is 5.69 Å². The van der Waals surface area contributed by atoms with Gasteiger partial charge < -0.3 is 10.1 Å². The van der Waals surface area contributed by atoms with E-state index in [9.17, 15) is 18.0 Å². The number of carbonyl (C=O) groups is 2. The van der Waals surface area contributed by atoms with E-state index in [1.807, 2.05) is 60.7 Å². The Morgan fingerprint density at radius 1 is 0.628 bits per heavy atom. The van der Waals surface area contributed by atoms with Crippen molar-refractivity contribution >= 4 is 27.5 Å². The van der Waals surface area contributed by atoms with Crippen LogP contribution in [0.15, 0.2) is 138 Å². The van der Waals surface area contributed by atoms with Crippen LogP contribution >= 0.6 is 0 Å². The van der Waals surface area contributed by atoms with Gasteiger partial charge in [0.15, 0.2) is 0 Å². The molecule has 0 aliphatic heterocycles. The average molecular weight is 587 g/mol. The van der Waals surface area contributed by atoms with Crippen LogP contribution < -0.4 is 14.8 Å². The van der Waals surface area contributed by atoms with Crippen LogP contribution in [-0.4, -0.2) is 20.2 Å². The van der Waals surface area contributed by atoms with Crippen molar-refractivity contribution in [2.24, 2.45) is 0 Å². The van der Waals surface area contributed by atoms with Crippen molar-refractivity contribution in [2.75, 3.05) is 5.32 Å². The van der Waals surface area contributed by atoms with Gasteiger partial charge in [-0.05, 0) is 72.3 Å². The van der Waals surface area contributed by atoms with Crippen LogP contribution in [0.1, 0.15) is 37.4 Å². The minimum Gasteiger partial charge on any atom is -0.489 e. The van der Waals surface area contributed by atoms with E-state index in [-0.39, 0.29) is 16.1 Å². The van der Waals surface area contributed by atoms with Crippen molar-refractivity contribution in [3.8, 4) is 17.6 Å². The van der Waals surface area contributed by atoms with E-state index in [0.29, 0.717) is 17.9 Å². The van der Waals surface area contributed by atoms with Crippen molar-refractivity contribution in [2.45, 2.75) is 11.5 Å². The summed E-state index contributed by atoms with van der Waals surface area (Å²) < 4.78 is 34.4. The maximum absolute atomic E-state index is 13.3. The van der Waals surface area contributed by atoms with Crippen LogP contribution in [0.4, 0.5) is 5.69 Å². The Labute approximate surface area is 250 Å². The average Bonchev–Trinajstić information content (AvgIpc) is 3.04. The first-order valence-corrected chi connectivity index (χ1v) is 14.8. The maximum Gasteiger partial charge on any atom is 0.266 e. The Balaban J connectivity index is 1.26. The third-order valence-electron chi connectivity index (χ3n) is 6.27. The second-order valence-electron chi connectivity index (χ2n) is 9.38. The van der Waals surface area contributed by atoms with Crippen LogP contribution in [0.5, 0.6) is 5.75 Å². The van der Waals surface area contributed by atoms with Gasteiger partial charge in [0.25, 0.3) is 21.8 Å². The second-order valence-corrected chi connectivity index (χ2v) is 11.0. The Morgan fingerprint density at radius 3 is 1.98 bits per heavy atom. The van der Waals surface area contributed by atoms with Crippen molar-refractivity contribution < 1.29 is 22.7 Å². The third kappa shape index (κ3) is 7.76. The molecule has 8 heteroatoms. The molecule has 7 nitrogen and oxygen atoms in total. The summed E-state index contributed by atoms with van der Waals surface area (Å²) >= 11 is 0. The number of rotatable bonds is 8. The number of carbonyl (C=O) groups excluding carboxylic acids is 2. The SMILES string of the molecule is O=C(Nc1ccccc1S(=O)(=O)NC(=O)c1cccc(OCc2ccccc2)c1)c1ccc(C#Cc2ccccc2)cc1. The second kappa shape index (κ2) is 13.3. The molecule has 5 rings (SSSR count). The molecule has 2 N–H and O–H groups in total. The molecule has 5 aromatic rings. The molecule has 0 atom stereocenters. The van der Waals surface area contributed by atoms with Crippen LogP contribution in [0.2, 0.25) is 0 Å². The van der Waals surface area contributed by atoms with Crippen molar-refractivity contribution in [3.63, 3.8) is 0 Å². The number of benzene rings is 5. The van der Waals surface area contributed by atoms with Crippen LogP contribution in [0.25, 0.3) is 0 Å². The van der Waals surface area contributed by atoms with Crippen LogP contribution in [-0.2, 0) is 16.6 Å².